The van der Waals surface area contributed by atoms with E-state index < -0.39 is 49.3 Å². The maximum atomic E-state index is 15.1. The summed E-state index contributed by atoms with van der Waals surface area (Å²) >= 11 is 0.885. The number of carbonyl (C=O) groups excluding carboxylic acids is 2. The lowest BCUT2D eigenvalue weighted by molar-refractivity contribution is -0.274. The van der Waals surface area contributed by atoms with Gasteiger partial charge in [-0.1, -0.05) is 17.8 Å². The van der Waals surface area contributed by atoms with E-state index in [-0.39, 0.29) is 45.1 Å². The van der Waals surface area contributed by atoms with Gasteiger partial charge in [-0.3, -0.25) is 9.69 Å². The van der Waals surface area contributed by atoms with Crippen molar-refractivity contribution in [1.29, 1.82) is 0 Å². The van der Waals surface area contributed by atoms with Crippen molar-refractivity contribution in [2.24, 2.45) is 4.99 Å². The third-order valence-electron chi connectivity index (χ3n) is 6.32. The zero-order valence-electron chi connectivity index (χ0n) is 24.3. The Morgan fingerprint density at radius 1 is 1.02 bits per heavy atom. The normalized spacial score (nSPS) is 14.5. The van der Waals surface area contributed by atoms with Crippen molar-refractivity contribution in [2.45, 2.75) is 19.1 Å². The lowest BCUT2D eigenvalue weighted by Crippen LogP contribution is -2.31. The standard InChI is InChI=1S/C29H21F7N6O5S/c1-45-20-8-4-17(12-46-14-28(31,32)33)23(11-20)42-24(43)13-48-27(42)39-26(44)38-22-9-5-18(10-21(22)30)41-15-37-25(40-41)16-2-6-19(7-3-16)47-29(34,35)36/h2-11,15H,12-14H2,1H3,(H,38,44). The van der Waals surface area contributed by atoms with E-state index in [2.05, 4.69) is 25.1 Å². The summed E-state index contributed by atoms with van der Waals surface area (Å²) in [5.41, 5.74) is 0.547. The van der Waals surface area contributed by atoms with Crippen LogP contribution in [-0.4, -0.2) is 63.9 Å². The van der Waals surface area contributed by atoms with Gasteiger partial charge >= 0.3 is 18.6 Å². The molecule has 4 aromatic rings. The van der Waals surface area contributed by atoms with Crippen molar-refractivity contribution in [3.05, 3.63) is 78.4 Å². The van der Waals surface area contributed by atoms with Gasteiger partial charge in [-0.05, 0) is 42.5 Å². The number of amidine groups is 1. The summed E-state index contributed by atoms with van der Waals surface area (Å²) in [4.78, 5) is 34.6. The van der Waals surface area contributed by atoms with Gasteiger partial charge in [0.25, 0.3) is 0 Å². The van der Waals surface area contributed by atoms with E-state index in [0.717, 1.165) is 34.9 Å². The van der Waals surface area contributed by atoms with E-state index in [1.54, 1.807) is 0 Å². The number of nitrogens with one attached hydrogen (secondary N) is 1. The SMILES string of the molecule is COc1ccc(COCC(F)(F)F)c(N2C(=O)CSC2=NC(=O)Nc2ccc(-n3cnc(-c4ccc(OC(F)(F)F)cc4)n3)cc2F)c1. The second kappa shape index (κ2) is 13.9. The fraction of sp³-hybridized carbons (Fsp3) is 0.207. The number of aromatic nitrogens is 3. The van der Waals surface area contributed by atoms with Crippen molar-refractivity contribution in [3.8, 4) is 28.6 Å². The number of thioether (sulfide) groups is 1. The van der Waals surface area contributed by atoms with Crippen LogP contribution < -0.4 is 19.7 Å². The van der Waals surface area contributed by atoms with Crippen LogP contribution in [0.1, 0.15) is 5.56 Å². The van der Waals surface area contributed by atoms with Crippen LogP contribution in [0.2, 0.25) is 0 Å². The number of urea groups is 1. The Labute approximate surface area is 270 Å². The predicted molar refractivity (Wildman–Crippen MR) is 159 cm³/mol. The number of halogens is 7. The van der Waals surface area contributed by atoms with Crippen LogP contribution in [0.15, 0.2) is 72.0 Å². The molecule has 1 N–H and O–H groups in total. The van der Waals surface area contributed by atoms with Crippen LogP contribution in [-0.2, 0) is 16.1 Å². The Morgan fingerprint density at radius 3 is 2.42 bits per heavy atom. The van der Waals surface area contributed by atoms with E-state index >= 15 is 4.39 Å². The van der Waals surface area contributed by atoms with E-state index in [1.165, 1.54) is 60.6 Å². The quantitative estimate of drug-likeness (QED) is 0.191. The van der Waals surface area contributed by atoms with Gasteiger partial charge in [-0.2, -0.15) is 18.2 Å². The van der Waals surface area contributed by atoms with Crippen LogP contribution >= 0.6 is 11.8 Å². The van der Waals surface area contributed by atoms with Gasteiger partial charge in [-0.25, -0.2) is 18.9 Å². The van der Waals surface area contributed by atoms with Gasteiger partial charge in [0.05, 0.1) is 36.5 Å². The zero-order chi connectivity index (χ0) is 34.6. The van der Waals surface area contributed by atoms with Gasteiger partial charge in [0.15, 0.2) is 11.0 Å². The number of aliphatic imine (C=N–C) groups is 1. The van der Waals surface area contributed by atoms with Crippen molar-refractivity contribution in [2.75, 3.05) is 29.7 Å². The zero-order valence-corrected chi connectivity index (χ0v) is 25.1. The van der Waals surface area contributed by atoms with Crippen molar-refractivity contribution >= 4 is 40.2 Å². The summed E-state index contributed by atoms with van der Waals surface area (Å²) in [6.45, 7) is -2.04. The summed E-state index contributed by atoms with van der Waals surface area (Å²) in [7, 11) is 1.35. The molecule has 0 spiro atoms. The molecule has 1 aromatic heterocycles. The van der Waals surface area contributed by atoms with E-state index in [0.29, 0.717) is 5.56 Å². The van der Waals surface area contributed by atoms with Crippen LogP contribution in [0.3, 0.4) is 0 Å². The third-order valence-corrected chi connectivity index (χ3v) is 7.24. The van der Waals surface area contributed by atoms with E-state index in [9.17, 15) is 35.9 Å². The molecule has 19 heteroatoms. The number of anilines is 2. The molecule has 3 aromatic carbocycles. The Hall–Kier alpha value is -5.17. The molecule has 3 amide bonds. The van der Waals surface area contributed by atoms with Gasteiger partial charge < -0.3 is 19.5 Å². The lowest BCUT2D eigenvalue weighted by atomic mass is 10.1. The van der Waals surface area contributed by atoms with Gasteiger partial charge in [0, 0.05) is 23.3 Å². The molecular weight excluding hydrogens is 677 g/mol. The number of nitrogens with zero attached hydrogens (tertiary/aromatic N) is 5. The second-order valence-corrected chi connectivity index (χ2v) is 10.6. The lowest BCUT2D eigenvalue weighted by Gasteiger charge is -2.21. The number of rotatable bonds is 9. The van der Waals surface area contributed by atoms with E-state index in [1.807, 2.05) is 0 Å². The van der Waals surface area contributed by atoms with E-state index in [4.69, 9.17) is 9.47 Å². The number of alkyl halides is 6. The first-order chi connectivity index (χ1) is 22.7. The summed E-state index contributed by atoms with van der Waals surface area (Å²) in [5, 5.41) is 6.36. The number of carbonyl (C=O) groups is 2. The molecule has 1 aliphatic rings. The smallest absolute Gasteiger partial charge is 0.497 e. The summed E-state index contributed by atoms with van der Waals surface area (Å²) in [6, 6.07) is 11.7. The topological polar surface area (TPSA) is 120 Å². The molecule has 0 unspecified atom stereocenters. The monoisotopic (exact) mass is 698 g/mol. The number of hydrogen-bond donors (Lipinski definition) is 1. The molecule has 1 aliphatic heterocycles. The fourth-order valence-electron chi connectivity index (χ4n) is 4.26. The minimum Gasteiger partial charge on any atom is -0.497 e. The number of amides is 3. The highest BCUT2D eigenvalue weighted by Gasteiger charge is 2.34. The minimum absolute atomic E-state index is 0.0893. The molecule has 0 radical (unpaired) electrons. The maximum absolute atomic E-state index is 15.1. The molecule has 0 bridgehead atoms. The Morgan fingerprint density at radius 2 is 1.75 bits per heavy atom. The molecule has 0 aliphatic carbocycles. The molecule has 1 saturated heterocycles. The maximum Gasteiger partial charge on any atom is 0.573 e. The van der Waals surface area contributed by atoms with Crippen LogP contribution in [0.5, 0.6) is 11.5 Å². The molecule has 2 heterocycles. The first kappa shape index (κ1) is 34.2. The summed E-state index contributed by atoms with van der Waals surface area (Å²) in [5.74, 6) is -1.59. The Kier molecular flexibility index (Phi) is 9.90. The van der Waals surface area contributed by atoms with Crippen LogP contribution in [0.25, 0.3) is 17.1 Å². The summed E-state index contributed by atoms with van der Waals surface area (Å²) in [6.07, 6.45) is -8.17. The third kappa shape index (κ3) is 8.59. The number of benzene rings is 3. The van der Waals surface area contributed by atoms with Gasteiger partial charge in [-0.15, -0.1) is 18.3 Å². The van der Waals surface area contributed by atoms with Crippen molar-refractivity contribution < 1.29 is 54.5 Å². The van der Waals surface area contributed by atoms with Gasteiger partial charge in [0.2, 0.25) is 5.91 Å². The molecule has 48 heavy (non-hydrogen) atoms. The largest absolute Gasteiger partial charge is 0.573 e. The second-order valence-electron chi connectivity index (χ2n) is 9.69. The highest BCUT2D eigenvalue weighted by atomic mass is 32.2. The van der Waals surface area contributed by atoms with Gasteiger partial charge in [0.1, 0.15) is 30.3 Å². The first-order valence-electron chi connectivity index (χ1n) is 13.4. The molecule has 5 rings (SSSR count). The molecular formula is C29H21F7N6O5S. The minimum atomic E-state index is -4.85. The number of hydrogen-bond acceptors (Lipinski definition) is 8. The summed E-state index contributed by atoms with van der Waals surface area (Å²) < 4.78 is 105. The molecule has 11 nitrogen and oxygen atoms in total. The average molecular weight is 699 g/mol. The molecule has 0 atom stereocenters. The number of methoxy groups -OCH3 is 1. The Balaban J connectivity index is 1.30. The predicted octanol–water partition coefficient (Wildman–Crippen LogP) is 6.73. The number of ether oxygens (including phenoxy) is 3. The molecule has 0 saturated carbocycles. The van der Waals surface area contributed by atoms with Crippen LogP contribution in [0.4, 0.5) is 46.9 Å². The van der Waals surface area contributed by atoms with Crippen molar-refractivity contribution in [1.82, 2.24) is 14.8 Å². The Bertz CT molecular complexity index is 1850. The highest BCUT2D eigenvalue weighted by molar-refractivity contribution is 8.15. The average Bonchev–Trinajstić information content (AvgIpc) is 3.64. The van der Waals surface area contributed by atoms with Crippen LogP contribution in [0, 0.1) is 5.82 Å². The molecule has 252 valence electrons. The highest BCUT2D eigenvalue weighted by Crippen LogP contribution is 2.34. The first-order valence-corrected chi connectivity index (χ1v) is 14.4. The van der Waals surface area contributed by atoms with Crippen molar-refractivity contribution in [3.63, 3.8) is 0 Å². The molecule has 1 fully saturated rings. The fourth-order valence-corrected chi connectivity index (χ4v) is 5.12.